The summed E-state index contributed by atoms with van der Waals surface area (Å²) in [6, 6.07) is 8.20. The fourth-order valence-electron chi connectivity index (χ4n) is 1.61. The Kier molecular flexibility index (Phi) is 2.20. The van der Waals surface area contributed by atoms with E-state index in [1.165, 1.54) is 5.56 Å². The smallest absolute Gasteiger partial charge is 0.0609 e. The molecule has 0 bridgehead atoms. The summed E-state index contributed by atoms with van der Waals surface area (Å²) in [4.78, 5) is 0. The summed E-state index contributed by atoms with van der Waals surface area (Å²) in [5.41, 5.74) is 1.25. The van der Waals surface area contributed by atoms with E-state index in [0.29, 0.717) is 5.92 Å². The Bertz CT molecular complexity index is 285. The van der Waals surface area contributed by atoms with E-state index in [1.54, 1.807) is 0 Å². The van der Waals surface area contributed by atoms with Crippen LogP contribution in [0.5, 0.6) is 0 Å². The lowest BCUT2D eigenvalue weighted by Crippen LogP contribution is -2.28. The van der Waals surface area contributed by atoms with Crippen LogP contribution in [0.25, 0.3) is 0 Å². The number of hydrogen-bond donors (Lipinski definition) is 1. The van der Waals surface area contributed by atoms with E-state index in [-0.39, 0.29) is 6.10 Å². The zero-order valence-electron chi connectivity index (χ0n) is 6.70. The van der Waals surface area contributed by atoms with Crippen LogP contribution in [-0.4, -0.2) is 11.2 Å². The maximum absolute atomic E-state index is 9.44. The molecule has 1 N–H and O–H groups in total. The minimum absolute atomic E-state index is 0.112. The van der Waals surface area contributed by atoms with E-state index in [9.17, 15) is 5.11 Å². The molecule has 1 aliphatic carbocycles. The van der Waals surface area contributed by atoms with Gasteiger partial charge in [-0.3, -0.25) is 0 Å². The molecule has 2 rings (SSSR count). The monoisotopic (exact) mass is 226 g/mol. The molecule has 1 aromatic rings. The molecule has 0 spiro atoms. The molecule has 1 aromatic carbocycles. The lowest BCUT2D eigenvalue weighted by Gasteiger charge is -2.32. The molecule has 2 unspecified atom stereocenters. The van der Waals surface area contributed by atoms with Crippen LogP contribution in [0.15, 0.2) is 28.7 Å². The summed E-state index contributed by atoms with van der Waals surface area (Å²) in [7, 11) is 0. The van der Waals surface area contributed by atoms with Gasteiger partial charge >= 0.3 is 0 Å². The van der Waals surface area contributed by atoms with Gasteiger partial charge in [-0.05, 0) is 30.5 Å². The summed E-state index contributed by atoms with van der Waals surface area (Å²) < 4.78 is 1.10. The van der Waals surface area contributed by atoms with Gasteiger partial charge in [0.2, 0.25) is 0 Å². The maximum Gasteiger partial charge on any atom is 0.0609 e. The van der Waals surface area contributed by atoms with E-state index in [1.807, 2.05) is 12.1 Å². The van der Waals surface area contributed by atoms with Crippen LogP contribution in [0.4, 0.5) is 0 Å². The second-order valence-electron chi connectivity index (χ2n) is 3.31. The van der Waals surface area contributed by atoms with Crippen molar-refractivity contribution in [3.05, 3.63) is 34.3 Å². The van der Waals surface area contributed by atoms with Crippen molar-refractivity contribution in [1.82, 2.24) is 0 Å². The van der Waals surface area contributed by atoms with Crippen molar-refractivity contribution >= 4 is 15.9 Å². The molecule has 0 amide bonds. The molecule has 0 aliphatic heterocycles. The molecule has 1 aliphatic rings. The van der Waals surface area contributed by atoms with E-state index < -0.39 is 0 Å². The van der Waals surface area contributed by atoms with Crippen LogP contribution in [-0.2, 0) is 0 Å². The Morgan fingerprint density at radius 3 is 2.67 bits per heavy atom. The summed E-state index contributed by atoms with van der Waals surface area (Å²) in [6.07, 6.45) is 1.97. The normalized spacial score (nSPS) is 28.2. The second-order valence-corrected chi connectivity index (χ2v) is 4.22. The Balaban J connectivity index is 2.22. The molecule has 1 saturated carbocycles. The molecule has 0 heterocycles. The number of rotatable bonds is 1. The van der Waals surface area contributed by atoms with Crippen LogP contribution in [0.3, 0.4) is 0 Å². The molecule has 1 nitrogen and oxygen atoms in total. The third-order valence-corrected chi connectivity index (χ3v) is 3.01. The topological polar surface area (TPSA) is 20.2 Å². The average molecular weight is 227 g/mol. The predicted molar refractivity (Wildman–Crippen MR) is 52.1 cm³/mol. The van der Waals surface area contributed by atoms with Crippen LogP contribution in [0.2, 0.25) is 0 Å². The third kappa shape index (κ3) is 1.41. The van der Waals surface area contributed by atoms with Gasteiger partial charge in [0.15, 0.2) is 0 Å². The van der Waals surface area contributed by atoms with Crippen LogP contribution >= 0.6 is 15.9 Å². The van der Waals surface area contributed by atoms with Gasteiger partial charge in [-0.2, -0.15) is 0 Å². The fraction of sp³-hybridized carbons (Fsp3) is 0.400. The highest BCUT2D eigenvalue weighted by Crippen LogP contribution is 2.37. The molecule has 0 saturated heterocycles. The SMILES string of the molecule is OC1CCC1c1cccc(Br)c1. The Morgan fingerprint density at radius 2 is 2.17 bits per heavy atom. The fourth-order valence-corrected chi connectivity index (χ4v) is 2.03. The first-order chi connectivity index (χ1) is 5.77. The maximum atomic E-state index is 9.44. The lowest BCUT2D eigenvalue weighted by atomic mass is 9.77. The predicted octanol–water partition coefficient (Wildman–Crippen LogP) is 2.69. The van der Waals surface area contributed by atoms with Gasteiger partial charge in [0.1, 0.15) is 0 Å². The number of benzene rings is 1. The summed E-state index contributed by atoms with van der Waals surface area (Å²) in [5.74, 6) is 0.377. The van der Waals surface area contributed by atoms with Gasteiger partial charge < -0.3 is 5.11 Å². The van der Waals surface area contributed by atoms with Crippen molar-refractivity contribution in [1.29, 1.82) is 0 Å². The van der Waals surface area contributed by atoms with E-state index in [4.69, 9.17) is 0 Å². The molecule has 12 heavy (non-hydrogen) atoms. The number of aliphatic hydroxyl groups is 1. The first-order valence-corrected chi connectivity index (χ1v) is 5.00. The number of halogens is 1. The highest BCUT2D eigenvalue weighted by molar-refractivity contribution is 9.10. The molecular weight excluding hydrogens is 216 g/mol. The first-order valence-electron chi connectivity index (χ1n) is 4.21. The van der Waals surface area contributed by atoms with Gasteiger partial charge in [-0.25, -0.2) is 0 Å². The van der Waals surface area contributed by atoms with Crippen molar-refractivity contribution in [3.8, 4) is 0 Å². The average Bonchev–Trinajstić information content (AvgIpc) is 2.02. The largest absolute Gasteiger partial charge is 0.392 e. The minimum atomic E-state index is -0.112. The zero-order chi connectivity index (χ0) is 8.55. The van der Waals surface area contributed by atoms with Crippen molar-refractivity contribution < 1.29 is 5.11 Å². The van der Waals surface area contributed by atoms with Gasteiger partial charge in [0.05, 0.1) is 6.10 Å². The van der Waals surface area contributed by atoms with Crippen molar-refractivity contribution in [2.75, 3.05) is 0 Å². The Hall–Kier alpha value is -0.340. The molecule has 2 atom stereocenters. The van der Waals surface area contributed by atoms with Gasteiger partial charge in [0.25, 0.3) is 0 Å². The molecule has 1 fully saturated rings. The van der Waals surface area contributed by atoms with Crippen molar-refractivity contribution in [3.63, 3.8) is 0 Å². The summed E-state index contributed by atoms with van der Waals surface area (Å²) >= 11 is 3.42. The van der Waals surface area contributed by atoms with Crippen LogP contribution < -0.4 is 0 Å². The van der Waals surface area contributed by atoms with Gasteiger partial charge in [0, 0.05) is 10.4 Å². The first kappa shape index (κ1) is 8.27. The van der Waals surface area contributed by atoms with Crippen molar-refractivity contribution in [2.45, 2.75) is 24.9 Å². The standard InChI is InChI=1S/C10H11BrO/c11-8-3-1-2-7(6-8)9-4-5-10(9)12/h1-3,6,9-10,12H,4-5H2. The van der Waals surface area contributed by atoms with Crippen LogP contribution in [0, 0.1) is 0 Å². The molecule has 0 aromatic heterocycles. The molecule has 2 heteroatoms. The quantitative estimate of drug-likeness (QED) is 0.781. The Morgan fingerprint density at radius 1 is 1.33 bits per heavy atom. The van der Waals surface area contributed by atoms with Gasteiger partial charge in [-0.1, -0.05) is 28.1 Å². The highest BCUT2D eigenvalue weighted by atomic mass is 79.9. The third-order valence-electron chi connectivity index (χ3n) is 2.51. The number of aliphatic hydroxyl groups excluding tert-OH is 1. The molecular formula is C10H11BrO. The van der Waals surface area contributed by atoms with E-state index >= 15 is 0 Å². The van der Waals surface area contributed by atoms with E-state index in [2.05, 4.69) is 28.1 Å². The highest BCUT2D eigenvalue weighted by Gasteiger charge is 2.29. The summed E-state index contributed by atoms with van der Waals surface area (Å²) in [5, 5.41) is 9.44. The van der Waals surface area contributed by atoms with Crippen molar-refractivity contribution in [2.24, 2.45) is 0 Å². The van der Waals surface area contributed by atoms with E-state index in [0.717, 1.165) is 17.3 Å². The van der Waals surface area contributed by atoms with Gasteiger partial charge in [-0.15, -0.1) is 0 Å². The summed E-state index contributed by atoms with van der Waals surface area (Å²) in [6.45, 7) is 0. The lowest BCUT2D eigenvalue weighted by molar-refractivity contribution is 0.0661. The molecule has 0 radical (unpaired) electrons. The Labute approximate surface area is 80.5 Å². The number of hydrogen-bond acceptors (Lipinski definition) is 1. The molecule has 64 valence electrons. The minimum Gasteiger partial charge on any atom is -0.392 e. The van der Waals surface area contributed by atoms with Crippen LogP contribution in [0.1, 0.15) is 24.3 Å². The zero-order valence-corrected chi connectivity index (χ0v) is 8.29. The second kappa shape index (κ2) is 3.19.